The van der Waals surface area contributed by atoms with Crippen LogP contribution in [-0.2, 0) is 6.54 Å². The summed E-state index contributed by atoms with van der Waals surface area (Å²) in [6.45, 7) is 5.81. The molecule has 2 heterocycles. The Morgan fingerprint density at radius 1 is 1.12 bits per heavy atom. The van der Waals surface area contributed by atoms with Gasteiger partial charge in [0.2, 0.25) is 5.75 Å². The SMILES string of the molecule is COc1ccc(CN2CCC[C@H]2c2c(C)noc2C)c(OC)c1OC. The van der Waals surface area contributed by atoms with Crippen LogP contribution in [-0.4, -0.2) is 37.9 Å². The Morgan fingerprint density at radius 3 is 2.48 bits per heavy atom. The van der Waals surface area contributed by atoms with E-state index in [0.29, 0.717) is 17.5 Å². The molecule has 25 heavy (non-hydrogen) atoms. The van der Waals surface area contributed by atoms with Crippen LogP contribution in [0, 0.1) is 13.8 Å². The number of rotatable bonds is 6. The quantitative estimate of drug-likeness (QED) is 0.796. The third-order valence-corrected chi connectivity index (χ3v) is 4.94. The van der Waals surface area contributed by atoms with E-state index in [-0.39, 0.29) is 0 Å². The molecule has 2 aromatic rings. The van der Waals surface area contributed by atoms with E-state index < -0.39 is 0 Å². The molecule has 6 nitrogen and oxygen atoms in total. The first-order chi connectivity index (χ1) is 12.1. The van der Waals surface area contributed by atoms with Gasteiger partial charge < -0.3 is 18.7 Å². The highest BCUT2D eigenvalue weighted by atomic mass is 16.5. The number of nitrogens with zero attached hydrogens (tertiary/aromatic N) is 2. The van der Waals surface area contributed by atoms with Crippen molar-refractivity contribution in [2.45, 2.75) is 39.3 Å². The summed E-state index contributed by atoms with van der Waals surface area (Å²) >= 11 is 0. The number of ether oxygens (including phenoxy) is 3. The molecule has 0 aliphatic carbocycles. The minimum absolute atomic E-state index is 0.323. The van der Waals surface area contributed by atoms with Crippen molar-refractivity contribution in [1.29, 1.82) is 0 Å². The Morgan fingerprint density at radius 2 is 1.88 bits per heavy atom. The third-order valence-electron chi connectivity index (χ3n) is 4.94. The van der Waals surface area contributed by atoms with Crippen LogP contribution < -0.4 is 14.2 Å². The topological polar surface area (TPSA) is 57.0 Å². The molecule has 3 rings (SSSR count). The zero-order chi connectivity index (χ0) is 18.0. The summed E-state index contributed by atoms with van der Waals surface area (Å²) in [5.41, 5.74) is 3.28. The Labute approximate surface area is 148 Å². The van der Waals surface area contributed by atoms with Gasteiger partial charge in [0.05, 0.1) is 27.0 Å². The highest BCUT2D eigenvalue weighted by molar-refractivity contribution is 5.55. The molecule has 0 amide bonds. The van der Waals surface area contributed by atoms with Crippen LogP contribution in [0.3, 0.4) is 0 Å². The molecule has 136 valence electrons. The molecule has 1 aliphatic heterocycles. The Balaban J connectivity index is 1.91. The lowest BCUT2D eigenvalue weighted by atomic mass is 10.0. The van der Waals surface area contributed by atoms with Gasteiger partial charge in [-0.1, -0.05) is 11.2 Å². The standard InChI is InChI=1S/C19H26N2O4/c1-12-17(13(2)25-20-12)15-7-6-10-21(15)11-14-8-9-16(22-3)19(24-5)18(14)23-4/h8-9,15H,6-7,10-11H2,1-5H3/t15-/m0/s1. The van der Waals surface area contributed by atoms with Crippen molar-refractivity contribution in [1.82, 2.24) is 10.1 Å². The van der Waals surface area contributed by atoms with Crippen molar-refractivity contribution in [3.05, 3.63) is 34.7 Å². The molecule has 1 aromatic carbocycles. The van der Waals surface area contributed by atoms with Crippen molar-refractivity contribution < 1.29 is 18.7 Å². The summed E-state index contributed by atoms with van der Waals surface area (Å²) in [4.78, 5) is 2.45. The second-order valence-corrected chi connectivity index (χ2v) is 6.36. The van der Waals surface area contributed by atoms with Crippen molar-refractivity contribution in [3.8, 4) is 17.2 Å². The van der Waals surface area contributed by atoms with Gasteiger partial charge in [-0.3, -0.25) is 4.90 Å². The molecule has 0 N–H and O–H groups in total. The Kier molecular flexibility index (Phi) is 5.18. The normalized spacial score (nSPS) is 17.7. The molecule has 1 aromatic heterocycles. The maximum atomic E-state index is 5.63. The summed E-state index contributed by atoms with van der Waals surface area (Å²) in [5, 5.41) is 4.12. The molecule has 1 aliphatic rings. The van der Waals surface area contributed by atoms with E-state index >= 15 is 0 Å². The second kappa shape index (κ2) is 7.35. The van der Waals surface area contributed by atoms with Gasteiger partial charge in [0.25, 0.3) is 0 Å². The van der Waals surface area contributed by atoms with Gasteiger partial charge in [0.15, 0.2) is 11.5 Å². The average Bonchev–Trinajstić information content (AvgIpc) is 3.20. The first kappa shape index (κ1) is 17.6. The fraction of sp³-hybridized carbons (Fsp3) is 0.526. The van der Waals surface area contributed by atoms with Gasteiger partial charge in [-0.15, -0.1) is 0 Å². The predicted molar refractivity (Wildman–Crippen MR) is 94.5 cm³/mol. The first-order valence-corrected chi connectivity index (χ1v) is 8.55. The third kappa shape index (κ3) is 3.18. The van der Waals surface area contributed by atoms with Gasteiger partial charge in [0.1, 0.15) is 5.76 Å². The monoisotopic (exact) mass is 346 g/mol. The van der Waals surface area contributed by atoms with E-state index in [4.69, 9.17) is 18.7 Å². The van der Waals surface area contributed by atoms with Crippen molar-refractivity contribution in [2.75, 3.05) is 27.9 Å². The van der Waals surface area contributed by atoms with E-state index in [1.165, 1.54) is 5.56 Å². The fourth-order valence-corrected chi connectivity index (χ4v) is 3.81. The predicted octanol–water partition coefficient (Wildman–Crippen LogP) is 3.65. The molecule has 6 heteroatoms. The average molecular weight is 346 g/mol. The molecular formula is C19H26N2O4. The number of likely N-dealkylation sites (tertiary alicyclic amines) is 1. The maximum absolute atomic E-state index is 5.63. The van der Waals surface area contributed by atoms with Gasteiger partial charge in [-0.25, -0.2) is 0 Å². The molecule has 0 spiro atoms. The molecule has 1 saturated heterocycles. The van der Waals surface area contributed by atoms with E-state index in [1.54, 1.807) is 21.3 Å². The Hall–Kier alpha value is -2.21. The van der Waals surface area contributed by atoms with Crippen molar-refractivity contribution in [3.63, 3.8) is 0 Å². The van der Waals surface area contributed by atoms with E-state index in [0.717, 1.165) is 48.7 Å². The van der Waals surface area contributed by atoms with Gasteiger partial charge in [0, 0.05) is 23.7 Å². The summed E-state index contributed by atoms with van der Waals surface area (Å²) in [6.07, 6.45) is 2.27. The highest BCUT2D eigenvalue weighted by Crippen LogP contribution is 2.42. The van der Waals surface area contributed by atoms with Crippen LogP contribution in [0.25, 0.3) is 0 Å². The van der Waals surface area contributed by atoms with E-state index in [1.807, 2.05) is 26.0 Å². The molecule has 1 fully saturated rings. The summed E-state index contributed by atoms with van der Waals surface area (Å²) in [5.74, 6) is 2.95. The molecule has 0 unspecified atom stereocenters. The van der Waals surface area contributed by atoms with Crippen LogP contribution in [0.5, 0.6) is 17.2 Å². The minimum atomic E-state index is 0.323. The number of aromatic nitrogens is 1. The second-order valence-electron chi connectivity index (χ2n) is 6.36. The lowest BCUT2D eigenvalue weighted by molar-refractivity contribution is 0.239. The maximum Gasteiger partial charge on any atom is 0.203 e. The number of aryl methyl sites for hydroxylation is 2. The number of benzene rings is 1. The molecule has 0 radical (unpaired) electrons. The number of hydrogen-bond acceptors (Lipinski definition) is 6. The smallest absolute Gasteiger partial charge is 0.203 e. The van der Waals surface area contributed by atoms with Crippen LogP contribution in [0.2, 0.25) is 0 Å². The molecule has 0 bridgehead atoms. The molecule has 0 saturated carbocycles. The first-order valence-electron chi connectivity index (χ1n) is 8.55. The van der Waals surface area contributed by atoms with E-state index in [9.17, 15) is 0 Å². The zero-order valence-electron chi connectivity index (χ0n) is 15.6. The summed E-state index contributed by atoms with van der Waals surface area (Å²) in [7, 11) is 4.92. The highest BCUT2D eigenvalue weighted by Gasteiger charge is 2.31. The largest absolute Gasteiger partial charge is 0.493 e. The lowest BCUT2D eigenvalue weighted by Gasteiger charge is -2.26. The molecule has 1 atom stereocenters. The van der Waals surface area contributed by atoms with E-state index in [2.05, 4.69) is 10.1 Å². The van der Waals surface area contributed by atoms with Gasteiger partial charge in [-0.2, -0.15) is 0 Å². The van der Waals surface area contributed by atoms with Crippen LogP contribution >= 0.6 is 0 Å². The van der Waals surface area contributed by atoms with Gasteiger partial charge >= 0.3 is 0 Å². The number of methoxy groups -OCH3 is 3. The van der Waals surface area contributed by atoms with Crippen LogP contribution in [0.4, 0.5) is 0 Å². The fourth-order valence-electron chi connectivity index (χ4n) is 3.81. The summed E-state index contributed by atoms with van der Waals surface area (Å²) in [6, 6.07) is 4.30. The van der Waals surface area contributed by atoms with Crippen LogP contribution in [0.1, 0.15) is 41.5 Å². The molecular weight excluding hydrogens is 320 g/mol. The van der Waals surface area contributed by atoms with Crippen molar-refractivity contribution in [2.24, 2.45) is 0 Å². The number of hydrogen-bond donors (Lipinski definition) is 0. The van der Waals surface area contributed by atoms with Gasteiger partial charge in [-0.05, 0) is 39.3 Å². The lowest BCUT2D eigenvalue weighted by Crippen LogP contribution is -2.24. The Bertz CT molecular complexity index is 722. The van der Waals surface area contributed by atoms with Crippen LogP contribution in [0.15, 0.2) is 16.7 Å². The minimum Gasteiger partial charge on any atom is -0.493 e. The van der Waals surface area contributed by atoms with Crippen molar-refractivity contribution >= 4 is 0 Å². The zero-order valence-corrected chi connectivity index (χ0v) is 15.6. The summed E-state index contributed by atoms with van der Waals surface area (Å²) < 4.78 is 21.9.